The molecule has 0 spiro atoms. The highest BCUT2D eigenvalue weighted by Gasteiger charge is 2.27. The minimum atomic E-state index is -2.83. The molecule has 1 aromatic heterocycles. The third-order valence-corrected chi connectivity index (χ3v) is 5.44. The van der Waals surface area contributed by atoms with Gasteiger partial charge in [0, 0.05) is 12.1 Å². The van der Waals surface area contributed by atoms with Crippen LogP contribution in [0.3, 0.4) is 0 Å². The van der Waals surface area contributed by atoms with E-state index >= 15 is 0 Å². The van der Waals surface area contributed by atoms with E-state index in [1.54, 1.807) is 0 Å². The lowest BCUT2D eigenvalue weighted by atomic mass is 10.1. The van der Waals surface area contributed by atoms with Gasteiger partial charge in [-0.2, -0.15) is 0 Å². The highest BCUT2D eigenvalue weighted by Crippen LogP contribution is 2.23. The lowest BCUT2D eigenvalue weighted by Gasteiger charge is -2.13. The van der Waals surface area contributed by atoms with Crippen molar-refractivity contribution in [1.82, 2.24) is 9.97 Å². The zero-order valence-corrected chi connectivity index (χ0v) is 12.5. The summed E-state index contributed by atoms with van der Waals surface area (Å²) in [5.74, 6) is 1.45. The Morgan fingerprint density at radius 3 is 2.89 bits per heavy atom. The van der Waals surface area contributed by atoms with Gasteiger partial charge in [0.2, 0.25) is 0 Å². The Morgan fingerprint density at radius 2 is 2.26 bits per heavy atom. The minimum Gasteiger partial charge on any atom is -0.369 e. The molecule has 0 bridgehead atoms. The second-order valence-electron chi connectivity index (χ2n) is 4.89. The van der Waals surface area contributed by atoms with E-state index in [2.05, 4.69) is 22.2 Å². The maximum absolute atomic E-state index is 11.4. The second kappa shape index (κ2) is 6.05. The van der Waals surface area contributed by atoms with Crippen LogP contribution in [-0.4, -0.2) is 36.4 Å². The van der Waals surface area contributed by atoms with Crippen molar-refractivity contribution < 1.29 is 8.42 Å². The molecule has 0 aliphatic carbocycles. The van der Waals surface area contributed by atoms with Gasteiger partial charge in [0.05, 0.1) is 11.5 Å². The molecule has 106 valence electrons. The Labute approximate surface area is 118 Å². The summed E-state index contributed by atoms with van der Waals surface area (Å²) in [7, 11) is -2.83. The first-order valence-electron chi connectivity index (χ1n) is 6.45. The van der Waals surface area contributed by atoms with Crippen LogP contribution in [-0.2, 0) is 16.3 Å². The fraction of sp³-hybridized carbons (Fsp3) is 0.667. The average Bonchev–Trinajstić information content (AvgIpc) is 2.70. The predicted octanol–water partition coefficient (Wildman–Crippen LogP) is 1.93. The summed E-state index contributed by atoms with van der Waals surface area (Å²) in [5, 5.41) is 3.69. The van der Waals surface area contributed by atoms with Gasteiger partial charge in [0.25, 0.3) is 0 Å². The van der Waals surface area contributed by atoms with Gasteiger partial charge >= 0.3 is 0 Å². The molecule has 1 fully saturated rings. The molecule has 1 saturated heterocycles. The van der Waals surface area contributed by atoms with Crippen molar-refractivity contribution >= 4 is 27.3 Å². The van der Waals surface area contributed by atoms with E-state index in [-0.39, 0.29) is 11.7 Å². The van der Waals surface area contributed by atoms with Crippen molar-refractivity contribution in [2.75, 3.05) is 23.4 Å². The molecule has 0 saturated carbocycles. The standard InChI is InChI=1S/C12H18ClN3O2S/c1-2-3-10-11(13)15-8-16-12(10)14-6-9-4-5-19(17,18)7-9/h8-9H,2-7H2,1H3,(H,14,15,16). The van der Waals surface area contributed by atoms with Crippen molar-refractivity contribution in [2.24, 2.45) is 5.92 Å². The first kappa shape index (κ1) is 14.5. The van der Waals surface area contributed by atoms with Crippen molar-refractivity contribution in [3.8, 4) is 0 Å². The van der Waals surface area contributed by atoms with E-state index in [1.165, 1.54) is 6.33 Å². The molecule has 2 heterocycles. The quantitative estimate of drug-likeness (QED) is 0.842. The third-order valence-electron chi connectivity index (χ3n) is 3.28. The number of halogens is 1. The topological polar surface area (TPSA) is 72.0 Å². The van der Waals surface area contributed by atoms with Gasteiger partial charge in [-0.3, -0.25) is 0 Å². The van der Waals surface area contributed by atoms with Gasteiger partial charge in [0.15, 0.2) is 9.84 Å². The number of hydrogen-bond acceptors (Lipinski definition) is 5. The highest BCUT2D eigenvalue weighted by atomic mass is 35.5. The number of hydrogen-bond donors (Lipinski definition) is 1. The monoisotopic (exact) mass is 303 g/mol. The molecule has 19 heavy (non-hydrogen) atoms. The number of rotatable bonds is 5. The smallest absolute Gasteiger partial charge is 0.150 e. The number of aromatic nitrogens is 2. The van der Waals surface area contributed by atoms with E-state index in [0.29, 0.717) is 17.5 Å². The molecular weight excluding hydrogens is 286 g/mol. The van der Waals surface area contributed by atoms with Crippen molar-refractivity contribution in [2.45, 2.75) is 26.2 Å². The number of nitrogens with zero attached hydrogens (tertiary/aromatic N) is 2. The molecule has 1 N–H and O–H groups in total. The molecule has 1 aliphatic rings. The lowest BCUT2D eigenvalue weighted by molar-refractivity contribution is 0.595. The highest BCUT2D eigenvalue weighted by molar-refractivity contribution is 7.91. The van der Waals surface area contributed by atoms with Gasteiger partial charge in [-0.15, -0.1) is 0 Å². The van der Waals surface area contributed by atoms with E-state index in [1.807, 2.05) is 0 Å². The Morgan fingerprint density at radius 1 is 1.47 bits per heavy atom. The van der Waals surface area contributed by atoms with Crippen LogP contribution in [0.5, 0.6) is 0 Å². The molecular formula is C12H18ClN3O2S. The SMILES string of the molecule is CCCc1c(Cl)ncnc1NCC1CCS(=O)(=O)C1. The third kappa shape index (κ3) is 3.79. The van der Waals surface area contributed by atoms with Gasteiger partial charge < -0.3 is 5.32 Å². The average molecular weight is 304 g/mol. The zero-order chi connectivity index (χ0) is 13.9. The summed E-state index contributed by atoms with van der Waals surface area (Å²) < 4.78 is 22.8. The Hall–Kier alpha value is -0.880. The van der Waals surface area contributed by atoms with Crippen molar-refractivity contribution in [3.05, 3.63) is 17.0 Å². The summed E-state index contributed by atoms with van der Waals surface area (Å²) in [6.45, 7) is 2.68. The van der Waals surface area contributed by atoms with E-state index in [4.69, 9.17) is 11.6 Å². The molecule has 1 atom stereocenters. The van der Waals surface area contributed by atoms with Gasteiger partial charge in [-0.05, 0) is 18.8 Å². The summed E-state index contributed by atoms with van der Waals surface area (Å²) in [5.41, 5.74) is 0.910. The number of anilines is 1. The Balaban J connectivity index is 2.02. The fourth-order valence-corrected chi connectivity index (χ4v) is 4.38. The van der Waals surface area contributed by atoms with Crippen LogP contribution in [0.1, 0.15) is 25.3 Å². The van der Waals surface area contributed by atoms with E-state index < -0.39 is 9.84 Å². The summed E-state index contributed by atoms with van der Waals surface area (Å²) in [6, 6.07) is 0. The largest absolute Gasteiger partial charge is 0.369 e. The molecule has 1 aliphatic heterocycles. The molecule has 1 unspecified atom stereocenters. The maximum atomic E-state index is 11.4. The summed E-state index contributed by atoms with van der Waals surface area (Å²) in [4.78, 5) is 8.18. The molecule has 0 aromatic carbocycles. The molecule has 0 amide bonds. The minimum absolute atomic E-state index is 0.160. The van der Waals surface area contributed by atoms with Crippen LogP contribution in [0.2, 0.25) is 5.15 Å². The molecule has 5 nitrogen and oxygen atoms in total. The lowest BCUT2D eigenvalue weighted by Crippen LogP contribution is -2.17. The van der Waals surface area contributed by atoms with Gasteiger partial charge in [-0.1, -0.05) is 24.9 Å². The van der Waals surface area contributed by atoms with Crippen LogP contribution < -0.4 is 5.32 Å². The van der Waals surface area contributed by atoms with E-state index in [9.17, 15) is 8.42 Å². The molecule has 2 rings (SSSR count). The first-order chi connectivity index (χ1) is 9.02. The Bertz CT molecular complexity index is 548. The van der Waals surface area contributed by atoms with Crippen LogP contribution >= 0.6 is 11.6 Å². The Kier molecular flexibility index (Phi) is 4.62. The normalized spacial score (nSPS) is 21.5. The summed E-state index contributed by atoms with van der Waals surface area (Å²) in [6.07, 6.45) is 3.91. The first-order valence-corrected chi connectivity index (χ1v) is 8.65. The summed E-state index contributed by atoms with van der Waals surface area (Å²) >= 11 is 6.06. The zero-order valence-electron chi connectivity index (χ0n) is 10.9. The molecule has 7 heteroatoms. The van der Waals surface area contributed by atoms with Crippen LogP contribution in [0, 0.1) is 5.92 Å². The van der Waals surface area contributed by atoms with Gasteiger partial charge in [0.1, 0.15) is 17.3 Å². The predicted molar refractivity (Wildman–Crippen MR) is 76.3 cm³/mol. The molecule has 1 aromatic rings. The number of nitrogens with one attached hydrogen (secondary N) is 1. The van der Waals surface area contributed by atoms with E-state index in [0.717, 1.165) is 30.6 Å². The van der Waals surface area contributed by atoms with Crippen molar-refractivity contribution in [1.29, 1.82) is 0 Å². The number of sulfone groups is 1. The van der Waals surface area contributed by atoms with Crippen LogP contribution in [0.4, 0.5) is 5.82 Å². The van der Waals surface area contributed by atoms with Crippen LogP contribution in [0.15, 0.2) is 6.33 Å². The maximum Gasteiger partial charge on any atom is 0.150 e. The van der Waals surface area contributed by atoms with Gasteiger partial charge in [-0.25, -0.2) is 18.4 Å². The van der Waals surface area contributed by atoms with Crippen molar-refractivity contribution in [3.63, 3.8) is 0 Å². The fourth-order valence-electron chi connectivity index (χ4n) is 2.29. The second-order valence-corrected chi connectivity index (χ2v) is 7.48. The van der Waals surface area contributed by atoms with Crippen LogP contribution in [0.25, 0.3) is 0 Å². The molecule has 0 radical (unpaired) electrons.